The van der Waals surface area contributed by atoms with Crippen LogP contribution in [0.4, 0.5) is 0 Å². The summed E-state index contributed by atoms with van der Waals surface area (Å²) < 4.78 is 11.6. The Balaban J connectivity index is 2.67. The zero-order chi connectivity index (χ0) is 10.4. The van der Waals surface area contributed by atoms with Crippen LogP contribution in [0.3, 0.4) is 0 Å². The number of nitrogens with two attached hydrogens (primary N) is 1. The molecule has 0 saturated carbocycles. The van der Waals surface area contributed by atoms with E-state index in [0.29, 0.717) is 19.8 Å². The molecule has 0 aliphatic rings. The Bertz CT molecular complexity index is 291. The summed E-state index contributed by atoms with van der Waals surface area (Å²) in [5, 5.41) is 0. The van der Waals surface area contributed by atoms with Gasteiger partial charge in [-0.1, -0.05) is 15.9 Å². The van der Waals surface area contributed by atoms with Crippen LogP contribution in [-0.2, 0) is 11.3 Å². The standard InChI is InChI=1S/C10H14BrNO2/c1-13-10-3-2-9(11)6-8(10)7-14-5-4-12/h2-3,6H,4-5,7,12H2,1H3. The first-order valence-corrected chi connectivity index (χ1v) is 5.17. The average molecular weight is 260 g/mol. The lowest BCUT2D eigenvalue weighted by atomic mass is 10.2. The highest BCUT2D eigenvalue weighted by Gasteiger charge is 2.03. The second-order valence-electron chi connectivity index (χ2n) is 2.80. The van der Waals surface area contributed by atoms with E-state index in [1.165, 1.54) is 0 Å². The smallest absolute Gasteiger partial charge is 0.124 e. The third-order valence-corrected chi connectivity index (χ3v) is 2.26. The van der Waals surface area contributed by atoms with Gasteiger partial charge in [0, 0.05) is 16.6 Å². The van der Waals surface area contributed by atoms with Crippen LogP contribution >= 0.6 is 15.9 Å². The molecule has 3 nitrogen and oxygen atoms in total. The third kappa shape index (κ3) is 3.29. The molecule has 0 unspecified atom stereocenters. The number of methoxy groups -OCH3 is 1. The van der Waals surface area contributed by atoms with Crippen molar-refractivity contribution >= 4 is 15.9 Å². The van der Waals surface area contributed by atoms with E-state index in [2.05, 4.69) is 15.9 Å². The van der Waals surface area contributed by atoms with Crippen molar-refractivity contribution in [3.63, 3.8) is 0 Å². The maximum atomic E-state index is 5.34. The Morgan fingerprint density at radius 3 is 2.86 bits per heavy atom. The Labute approximate surface area is 92.3 Å². The number of hydrogen-bond donors (Lipinski definition) is 1. The van der Waals surface area contributed by atoms with Gasteiger partial charge >= 0.3 is 0 Å². The molecule has 4 heteroatoms. The van der Waals surface area contributed by atoms with Crippen molar-refractivity contribution in [3.8, 4) is 5.75 Å². The molecule has 14 heavy (non-hydrogen) atoms. The molecule has 0 aliphatic heterocycles. The third-order valence-electron chi connectivity index (χ3n) is 1.76. The number of rotatable bonds is 5. The number of benzene rings is 1. The molecule has 0 aliphatic carbocycles. The number of halogens is 1. The minimum atomic E-state index is 0.528. The molecule has 0 fully saturated rings. The Morgan fingerprint density at radius 2 is 2.21 bits per heavy atom. The van der Waals surface area contributed by atoms with E-state index in [4.69, 9.17) is 15.2 Å². The second kappa shape index (κ2) is 6.01. The van der Waals surface area contributed by atoms with Crippen molar-refractivity contribution in [2.45, 2.75) is 6.61 Å². The summed E-state index contributed by atoms with van der Waals surface area (Å²) in [6.07, 6.45) is 0. The minimum absolute atomic E-state index is 0.528. The molecule has 0 amide bonds. The normalized spacial score (nSPS) is 10.2. The highest BCUT2D eigenvalue weighted by molar-refractivity contribution is 9.10. The molecule has 0 aromatic heterocycles. The van der Waals surface area contributed by atoms with Crippen molar-refractivity contribution in [2.24, 2.45) is 5.73 Å². The SMILES string of the molecule is COc1ccc(Br)cc1COCCN. The van der Waals surface area contributed by atoms with Crippen molar-refractivity contribution in [3.05, 3.63) is 28.2 Å². The molecular formula is C10H14BrNO2. The molecule has 0 spiro atoms. The molecule has 0 atom stereocenters. The fourth-order valence-corrected chi connectivity index (χ4v) is 1.53. The van der Waals surface area contributed by atoms with Gasteiger partial charge in [-0.25, -0.2) is 0 Å². The first-order valence-electron chi connectivity index (χ1n) is 4.38. The van der Waals surface area contributed by atoms with Crippen molar-refractivity contribution in [1.29, 1.82) is 0 Å². The van der Waals surface area contributed by atoms with E-state index in [1.807, 2.05) is 18.2 Å². The van der Waals surface area contributed by atoms with E-state index >= 15 is 0 Å². The number of ether oxygens (including phenoxy) is 2. The molecule has 1 aromatic rings. The van der Waals surface area contributed by atoms with Crippen LogP contribution < -0.4 is 10.5 Å². The molecular weight excluding hydrogens is 246 g/mol. The molecule has 2 N–H and O–H groups in total. The molecule has 0 saturated heterocycles. The van der Waals surface area contributed by atoms with Gasteiger partial charge in [0.15, 0.2) is 0 Å². The Hall–Kier alpha value is -0.580. The van der Waals surface area contributed by atoms with E-state index < -0.39 is 0 Å². The lowest BCUT2D eigenvalue weighted by Gasteiger charge is -2.09. The molecule has 1 aromatic carbocycles. The number of hydrogen-bond acceptors (Lipinski definition) is 3. The van der Waals surface area contributed by atoms with Crippen LogP contribution in [0.1, 0.15) is 5.56 Å². The van der Waals surface area contributed by atoms with Gasteiger partial charge < -0.3 is 15.2 Å². The molecule has 0 heterocycles. The first-order chi connectivity index (χ1) is 6.77. The van der Waals surface area contributed by atoms with Gasteiger partial charge in [0.2, 0.25) is 0 Å². The molecule has 1 rings (SSSR count). The van der Waals surface area contributed by atoms with Crippen LogP contribution in [0, 0.1) is 0 Å². The van der Waals surface area contributed by atoms with Gasteiger partial charge in [0.05, 0.1) is 20.3 Å². The summed E-state index contributed by atoms with van der Waals surface area (Å²) in [4.78, 5) is 0. The highest BCUT2D eigenvalue weighted by atomic mass is 79.9. The summed E-state index contributed by atoms with van der Waals surface area (Å²) >= 11 is 3.40. The largest absolute Gasteiger partial charge is 0.496 e. The van der Waals surface area contributed by atoms with Gasteiger partial charge in [0.25, 0.3) is 0 Å². The monoisotopic (exact) mass is 259 g/mol. The lowest BCUT2D eigenvalue weighted by Crippen LogP contribution is -2.08. The Morgan fingerprint density at radius 1 is 1.43 bits per heavy atom. The summed E-state index contributed by atoms with van der Waals surface area (Å²) in [5.74, 6) is 0.838. The quantitative estimate of drug-likeness (QED) is 0.823. The highest BCUT2D eigenvalue weighted by Crippen LogP contribution is 2.23. The summed E-state index contributed by atoms with van der Waals surface area (Å²) in [5.41, 5.74) is 6.35. The summed E-state index contributed by atoms with van der Waals surface area (Å²) in [7, 11) is 1.65. The fourth-order valence-electron chi connectivity index (χ4n) is 1.13. The van der Waals surface area contributed by atoms with Crippen molar-refractivity contribution in [2.75, 3.05) is 20.3 Å². The zero-order valence-corrected chi connectivity index (χ0v) is 9.71. The summed E-state index contributed by atoms with van der Waals surface area (Å²) in [6.45, 7) is 1.63. The van der Waals surface area contributed by atoms with Crippen LogP contribution in [0.5, 0.6) is 5.75 Å². The van der Waals surface area contributed by atoms with Gasteiger partial charge in [0.1, 0.15) is 5.75 Å². The van der Waals surface area contributed by atoms with E-state index in [9.17, 15) is 0 Å². The molecule has 78 valence electrons. The van der Waals surface area contributed by atoms with E-state index in [1.54, 1.807) is 7.11 Å². The van der Waals surface area contributed by atoms with Gasteiger partial charge in [-0.05, 0) is 18.2 Å². The predicted molar refractivity (Wildman–Crippen MR) is 59.4 cm³/mol. The van der Waals surface area contributed by atoms with Crippen molar-refractivity contribution in [1.82, 2.24) is 0 Å². The fraction of sp³-hybridized carbons (Fsp3) is 0.400. The van der Waals surface area contributed by atoms with Gasteiger partial charge in [-0.15, -0.1) is 0 Å². The maximum Gasteiger partial charge on any atom is 0.124 e. The van der Waals surface area contributed by atoms with Crippen LogP contribution in [0.2, 0.25) is 0 Å². The Kier molecular flexibility index (Phi) is 4.93. The molecule has 0 radical (unpaired) electrons. The first kappa shape index (κ1) is 11.5. The lowest BCUT2D eigenvalue weighted by molar-refractivity contribution is 0.126. The van der Waals surface area contributed by atoms with E-state index in [-0.39, 0.29) is 0 Å². The summed E-state index contributed by atoms with van der Waals surface area (Å²) in [6, 6.07) is 5.83. The zero-order valence-electron chi connectivity index (χ0n) is 8.13. The van der Waals surface area contributed by atoms with Crippen LogP contribution in [0.15, 0.2) is 22.7 Å². The molecule has 0 bridgehead atoms. The van der Waals surface area contributed by atoms with Gasteiger partial charge in [-0.2, -0.15) is 0 Å². The van der Waals surface area contributed by atoms with Crippen LogP contribution in [0.25, 0.3) is 0 Å². The maximum absolute atomic E-state index is 5.34. The van der Waals surface area contributed by atoms with Crippen molar-refractivity contribution < 1.29 is 9.47 Å². The average Bonchev–Trinajstić information content (AvgIpc) is 2.19. The van der Waals surface area contributed by atoms with Gasteiger partial charge in [-0.3, -0.25) is 0 Å². The second-order valence-corrected chi connectivity index (χ2v) is 3.71. The topological polar surface area (TPSA) is 44.5 Å². The predicted octanol–water partition coefficient (Wildman–Crippen LogP) is 1.93. The van der Waals surface area contributed by atoms with E-state index in [0.717, 1.165) is 15.8 Å². The van der Waals surface area contributed by atoms with Crippen LogP contribution in [-0.4, -0.2) is 20.3 Å². The minimum Gasteiger partial charge on any atom is -0.496 e.